The standard InChI is InChI=1S/C11H14N2O/c1-11(6-7-11)13-10(14)8-2-4-9(12)5-3-8/h2-5H,6-7,12H2,1H3,(H,13,14). The summed E-state index contributed by atoms with van der Waals surface area (Å²) in [7, 11) is 0. The Morgan fingerprint density at radius 3 is 2.43 bits per heavy atom. The highest BCUT2D eigenvalue weighted by Crippen LogP contribution is 2.34. The minimum atomic E-state index is -0.00926. The molecular weight excluding hydrogens is 176 g/mol. The van der Waals surface area contributed by atoms with E-state index in [1.807, 2.05) is 0 Å². The third kappa shape index (κ3) is 1.87. The monoisotopic (exact) mass is 190 g/mol. The highest BCUT2D eigenvalue weighted by Gasteiger charge is 2.38. The Balaban J connectivity index is 2.07. The average molecular weight is 190 g/mol. The SMILES string of the molecule is CC1(NC(=O)c2ccc(N)cc2)CC1. The van der Waals surface area contributed by atoms with Crippen molar-refractivity contribution in [2.24, 2.45) is 0 Å². The zero-order chi connectivity index (χ0) is 10.2. The van der Waals surface area contributed by atoms with Crippen LogP contribution in [0.3, 0.4) is 0 Å². The molecule has 14 heavy (non-hydrogen) atoms. The van der Waals surface area contributed by atoms with Crippen LogP contribution in [0.2, 0.25) is 0 Å². The minimum Gasteiger partial charge on any atom is -0.399 e. The van der Waals surface area contributed by atoms with Crippen molar-refractivity contribution in [1.82, 2.24) is 5.32 Å². The van der Waals surface area contributed by atoms with Crippen LogP contribution in [0.1, 0.15) is 30.1 Å². The van der Waals surface area contributed by atoms with Crippen molar-refractivity contribution in [3.8, 4) is 0 Å². The molecule has 0 saturated heterocycles. The van der Waals surface area contributed by atoms with Gasteiger partial charge in [-0.3, -0.25) is 4.79 Å². The molecule has 0 atom stereocenters. The second kappa shape index (κ2) is 3.01. The van der Waals surface area contributed by atoms with E-state index in [2.05, 4.69) is 12.2 Å². The smallest absolute Gasteiger partial charge is 0.251 e. The van der Waals surface area contributed by atoms with Gasteiger partial charge < -0.3 is 11.1 Å². The largest absolute Gasteiger partial charge is 0.399 e. The summed E-state index contributed by atoms with van der Waals surface area (Å²) in [5, 5.41) is 2.99. The van der Waals surface area contributed by atoms with Crippen LogP contribution in [-0.4, -0.2) is 11.4 Å². The number of nitrogens with one attached hydrogen (secondary N) is 1. The van der Waals surface area contributed by atoms with Crippen molar-refractivity contribution in [3.63, 3.8) is 0 Å². The molecule has 1 aromatic carbocycles. The van der Waals surface area contributed by atoms with Crippen LogP contribution in [0, 0.1) is 0 Å². The number of anilines is 1. The van der Waals surface area contributed by atoms with Crippen LogP contribution < -0.4 is 11.1 Å². The Labute approximate surface area is 83.3 Å². The van der Waals surface area contributed by atoms with Crippen molar-refractivity contribution in [3.05, 3.63) is 29.8 Å². The zero-order valence-electron chi connectivity index (χ0n) is 8.21. The lowest BCUT2D eigenvalue weighted by Gasteiger charge is -2.11. The van der Waals surface area contributed by atoms with Gasteiger partial charge in [0, 0.05) is 16.8 Å². The molecule has 1 saturated carbocycles. The fourth-order valence-corrected chi connectivity index (χ4v) is 1.29. The number of carbonyl (C=O) groups excluding carboxylic acids is 1. The first-order chi connectivity index (χ1) is 6.59. The highest BCUT2D eigenvalue weighted by molar-refractivity contribution is 5.95. The molecule has 3 N–H and O–H groups in total. The maximum absolute atomic E-state index is 11.7. The number of amides is 1. The van der Waals surface area contributed by atoms with Gasteiger partial charge in [0.15, 0.2) is 0 Å². The van der Waals surface area contributed by atoms with Gasteiger partial charge in [-0.15, -0.1) is 0 Å². The van der Waals surface area contributed by atoms with Gasteiger partial charge >= 0.3 is 0 Å². The van der Waals surface area contributed by atoms with Crippen molar-refractivity contribution in [2.45, 2.75) is 25.3 Å². The lowest BCUT2D eigenvalue weighted by atomic mass is 10.2. The summed E-state index contributed by atoms with van der Waals surface area (Å²) >= 11 is 0. The molecule has 0 heterocycles. The Kier molecular flexibility index (Phi) is 1.95. The number of hydrogen-bond acceptors (Lipinski definition) is 2. The van der Waals surface area contributed by atoms with Crippen molar-refractivity contribution in [1.29, 1.82) is 0 Å². The minimum absolute atomic E-state index is 0.00926. The van der Waals surface area contributed by atoms with Crippen molar-refractivity contribution < 1.29 is 4.79 Å². The Bertz CT molecular complexity index is 352. The van der Waals surface area contributed by atoms with Gasteiger partial charge in [-0.25, -0.2) is 0 Å². The van der Waals surface area contributed by atoms with Crippen LogP contribution >= 0.6 is 0 Å². The number of hydrogen-bond donors (Lipinski definition) is 2. The van der Waals surface area contributed by atoms with E-state index in [1.54, 1.807) is 24.3 Å². The van der Waals surface area contributed by atoms with E-state index in [-0.39, 0.29) is 11.4 Å². The van der Waals surface area contributed by atoms with Gasteiger partial charge in [-0.2, -0.15) is 0 Å². The van der Waals surface area contributed by atoms with E-state index in [4.69, 9.17) is 5.73 Å². The first kappa shape index (κ1) is 9.06. The third-order valence-corrected chi connectivity index (χ3v) is 2.59. The molecule has 0 aliphatic heterocycles. The lowest BCUT2D eigenvalue weighted by Crippen LogP contribution is -2.34. The highest BCUT2D eigenvalue weighted by atomic mass is 16.1. The Morgan fingerprint density at radius 1 is 1.36 bits per heavy atom. The number of benzene rings is 1. The first-order valence-electron chi connectivity index (χ1n) is 4.77. The molecule has 3 nitrogen and oxygen atoms in total. The molecule has 3 heteroatoms. The second-order valence-electron chi connectivity index (χ2n) is 4.14. The molecule has 0 bridgehead atoms. The lowest BCUT2D eigenvalue weighted by molar-refractivity contribution is 0.0935. The average Bonchev–Trinajstić information content (AvgIpc) is 2.84. The molecule has 0 radical (unpaired) electrons. The molecule has 1 amide bonds. The normalized spacial score (nSPS) is 17.5. The van der Waals surface area contributed by atoms with Gasteiger partial charge in [0.05, 0.1) is 0 Å². The van der Waals surface area contributed by atoms with Gasteiger partial charge in [-0.05, 0) is 44.0 Å². The Hall–Kier alpha value is -1.51. The maximum Gasteiger partial charge on any atom is 0.251 e. The fourth-order valence-electron chi connectivity index (χ4n) is 1.29. The predicted molar refractivity (Wildman–Crippen MR) is 56.0 cm³/mol. The topological polar surface area (TPSA) is 55.1 Å². The summed E-state index contributed by atoms with van der Waals surface area (Å²) in [5.74, 6) is -0.00926. The summed E-state index contributed by atoms with van der Waals surface area (Å²) in [4.78, 5) is 11.7. The van der Waals surface area contributed by atoms with E-state index in [0.717, 1.165) is 12.8 Å². The van der Waals surface area contributed by atoms with Crippen LogP contribution in [0.15, 0.2) is 24.3 Å². The summed E-state index contributed by atoms with van der Waals surface area (Å²) in [6.07, 6.45) is 2.15. The van der Waals surface area contributed by atoms with Crippen molar-refractivity contribution >= 4 is 11.6 Å². The van der Waals surface area contributed by atoms with E-state index in [0.29, 0.717) is 11.3 Å². The van der Waals surface area contributed by atoms with Gasteiger partial charge in [0.1, 0.15) is 0 Å². The molecule has 0 spiro atoms. The first-order valence-corrected chi connectivity index (χ1v) is 4.77. The quantitative estimate of drug-likeness (QED) is 0.695. The molecule has 2 rings (SSSR count). The van der Waals surface area contributed by atoms with Gasteiger partial charge in [0.2, 0.25) is 0 Å². The van der Waals surface area contributed by atoms with Crippen LogP contribution in [-0.2, 0) is 0 Å². The van der Waals surface area contributed by atoms with Gasteiger partial charge in [0.25, 0.3) is 5.91 Å². The number of nitrogen functional groups attached to an aromatic ring is 1. The molecule has 1 aliphatic rings. The number of carbonyl (C=O) groups is 1. The number of rotatable bonds is 2. The molecule has 1 fully saturated rings. The molecular formula is C11H14N2O. The predicted octanol–water partition coefficient (Wildman–Crippen LogP) is 1.55. The Morgan fingerprint density at radius 2 is 1.93 bits per heavy atom. The summed E-state index contributed by atoms with van der Waals surface area (Å²) < 4.78 is 0. The van der Waals surface area contributed by atoms with E-state index < -0.39 is 0 Å². The summed E-state index contributed by atoms with van der Waals surface area (Å²) in [6.45, 7) is 2.06. The summed E-state index contributed by atoms with van der Waals surface area (Å²) in [5.41, 5.74) is 6.93. The van der Waals surface area contributed by atoms with Gasteiger partial charge in [-0.1, -0.05) is 0 Å². The number of nitrogens with two attached hydrogens (primary N) is 1. The van der Waals surface area contributed by atoms with Crippen molar-refractivity contribution in [2.75, 3.05) is 5.73 Å². The van der Waals surface area contributed by atoms with E-state index in [1.165, 1.54) is 0 Å². The van der Waals surface area contributed by atoms with E-state index >= 15 is 0 Å². The fraction of sp³-hybridized carbons (Fsp3) is 0.364. The van der Waals surface area contributed by atoms with Crippen LogP contribution in [0.4, 0.5) is 5.69 Å². The molecule has 1 aliphatic carbocycles. The second-order valence-corrected chi connectivity index (χ2v) is 4.14. The molecule has 1 aromatic rings. The molecule has 0 unspecified atom stereocenters. The maximum atomic E-state index is 11.7. The van der Waals surface area contributed by atoms with E-state index in [9.17, 15) is 4.79 Å². The van der Waals surface area contributed by atoms with Crippen LogP contribution in [0.5, 0.6) is 0 Å². The molecule has 74 valence electrons. The molecule has 0 aromatic heterocycles. The summed E-state index contributed by atoms with van der Waals surface area (Å²) in [6, 6.07) is 6.97. The zero-order valence-corrected chi connectivity index (χ0v) is 8.21. The van der Waals surface area contributed by atoms with Crippen LogP contribution in [0.25, 0.3) is 0 Å². The third-order valence-electron chi connectivity index (χ3n) is 2.59.